The number of ether oxygens (including phenoxy) is 2. The predicted molar refractivity (Wildman–Crippen MR) is 124 cm³/mol. The number of hydrogen-bond acceptors (Lipinski definition) is 7. The molecule has 4 heterocycles. The number of nitriles is 1. The van der Waals surface area contributed by atoms with Crippen LogP contribution in [0.2, 0.25) is 0 Å². The summed E-state index contributed by atoms with van der Waals surface area (Å²) >= 11 is 0. The van der Waals surface area contributed by atoms with Crippen molar-refractivity contribution < 1.29 is 9.47 Å². The van der Waals surface area contributed by atoms with Gasteiger partial charge in [0.15, 0.2) is 0 Å². The van der Waals surface area contributed by atoms with Crippen molar-refractivity contribution in [2.45, 2.75) is 38.3 Å². The van der Waals surface area contributed by atoms with Gasteiger partial charge in [-0.2, -0.15) is 5.26 Å². The highest BCUT2D eigenvalue weighted by molar-refractivity contribution is 5.64. The molecule has 168 valence electrons. The second-order valence-electron chi connectivity index (χ2n) is 8.57. The van der Waals surface area contributed by atoms with Crippen LogP contribution in [0.25, 0.3) is 11.3 Å². The van der Waals surface area contributed by atoms with E-state index in [1.54, 1.807) is 6.20 Å². The number of aromatic nitrogens is 3. The highest BCUT2D eigenvalue weighted by Gasteiger charge is 2.18. The van der Waals surface area contributed by atoms with Crippen LogP contribution in [0.5, 0.6) is 5.75 Å². The molecular formula is C26H27N5O2. The summed E-state index contributed by atoms with van der Waals surface area (Å²) < 4.78 is 11.5. The maximum atomic E-state index is 9.67. The van der Waals surface area contributed by atoms with Crippen molar-refractivity contribution in [3.63, 3.8) is 0 Å². The summed E-state index contributed by atoms with van der Waals surface area (Å²) in [6.45, 7) is 4.65. The van der Waals surface area contributed by atoms with Crippen LogP contribution in [-0.4, -0.2) is 52.3 Å². The molecule has 33 heavy (non-hydrogen) atoms. The van der Waals surface area contributed by atoms with E-state index in [2.05, 4.69) is 33.1 Å². The molecule has 0 spiro atoms. The molecule has 0 bridgehead atoms. The van der Waals surface area contributed by atoms with E-state index in [9.17, 15) is 5.26 Å². The highest BCUT2D eigenvalue weighted by Crippen LogP contribution is 2.27. The molecule has 0 amide bonds. The summed E-state index contributed by atoms with van der Waals surface area (Å²) in [5.74, 6) is 1.35. The number of rotatable bonds is 7. The van der Waals surface area contributed by atoms with Gasteiger partial charge in [-0.15, -0.1) is 0 Å². The lowest BCUT2D eigenvalue weighted by atomic mass is 10.1. The van der Waals surface area contributed by atoms with Gasteiger partial charge in [-0.25, -0.2) is 9.97 Å². The van der Waals surface area contributed by atoms with Gasteiger partial charge in [-0.05, 0) is 55.4 Å². The number of nitrogens with zero attached hydrogens (tertiary/aromatic N) is 5. The van der Waals surface area contributed by atoms with Crippen molar-refractivity contribution in [3.8, 4) is 23.1 Å². The molecule has 1 aromatic carbocycles. The van der Waals surface area contributed by atoms with E-state index in [4.69, 9.17) is 14.5 Å². The molecule has 2 fully saturated rings. The van der Waals surface area contributed by atoms with E-state index in [1.807, 2.05) is 30.5 Å². The molecule has 0 aliphatic carbocycles. The standard InChI is InChI=1S/C26H27N5O2/c27-16-21-15-20(3-5-25(21)33-23-7-12-32-13-8-23)24-6-9-28-26(30-24)14-19-2-4-22(29-17-19)18-31-10-1-11-31/h2-6,9,15,17,23H,1,7-8,10-14,18H2. The summed E-state index contributed by atoms with van der Waals surface area (Å²) in [6.07, 6.45) is 7.36. The minimum absolute atomic E-state index is 0.0910. The fourth-order valence-electron chi connectivity index (χ4n) is 4.10. The summed E-state index contributed by atoms with van der Waals surface area (Å²) in [4.78, 5) is 16.2. The van der Waals surface area contributed by atoms with Gasteiger partial charge in [0.1, 0.15) is 23.7 Å². The van der Waals surface area contributed by atoms with E-state index < -0.39 is 0 Å². The van der Waals surface area contributed by atoms with Crippen molar-refractivity contribution in [3.05, 3.63) is 71.4 Å². The second kappa shape index (κ2) is 10.1. The highest BCUT2D eigenvalue weighted by atomic mass is 16.5. The van der Waals surface area contributed by atoms with Gasteiger partial charge in [0.05, 0.1) is 30.2 Å². The van der Waals surface area contributed by atoms with Crippen LogP contribution in [0.15, 0.2) is 48.8 Å². The quantitative estimate of drug-likeness (QED) is 0.552. The zero-order chi connectivity index (χ0) is 22.5. The molecule has 0 unspecified atom stereocenters. The van der Waals surface area contributed by atoms with E-state index in [-0.39, 0.29) is 6.10 Å². The Hall–Kier alpha value is -3.34. The van der Waals surface area contributed by atoms with Crippen LogP contribution >= 0.6 is 0 Å². The fourth-order valence-corrected chi connectivity index (χ4v) is 4.10. The largest absolute Gasteiger partial charge is 0.489 e. The Balaban J connectivity index is 1.28. The average Bonchev–Trinajstić information content (AvgIpc) is 2.83. The Morgan fingerprint density at radius 2 is 1.97 bits per heavy atom. The molecule has 5 rings (SSSR count). The van der Waals surface area contributed by atoms with Crippen molar-refractivity contribution in [2.24, 2.45) is 0 Å². The number of benzene rings is 1. The molecule has 0 atom stereocenters. The molecule has 2 saturated heterocycles. The summed E-state index contributed by atoms with van der Waals surface area (Å²) in [5.41, 5.74) is 4.35. The molecule has 7 nitrogen and oxygen atoms in total. The number of likely N-dealkylation sites (tertiary alicyclic amines) is 1. The van der Waals surface area contributed by atoms with Crippen molar-refractivity contribution in [2.75, 3.05) is 26.3 Å². The smallest absolute Gasteiger partial charge is 0.137 e. The molecule has 0 N–H and O–H groups in total. The van der Waals surface area contributed by atoms with E-state index >= 15 is 0 Å². The Bertz CT molecular complexity index is 1130. The Morgan fingerprint density at radius 3 is 2.70 bits per heavy atom. The molecule has 2 aliphatic rings. The van der Waals surface area contributed by atoms with Crippen LogP contribution in [0, 0.1) is 11.3 Å². The van der Waals surface area contributed by atoms with Crippen LogP contribution < -0.4 is 4.74 Å². The van der Waals surface area contributed by atoms with E-state index in [0.29, 0.717) is 30.9 Å². The minimum atomic E-state index is 0.0910. The zero-order valence-electron chi connectivity index (χ0n) is 18.6. The van der Waals surface area contributed by atoms with Gasteiger partial charge in [-0.1, -0.05) is 6.07 Å². The molecule has 2 aromatic heterocycles. The first-order valence-electron chi connectivity index (χ1n) is 11.5. The third-order valence-corrected chi connectivity index (χ3v) is 6.15. The van der Waals surface area contributed by atoms with Crippen LogP contribution in [-0.2, 0) is 17.7 Å². The van der Waals surface area contributed by atoms with Gasteiger partial charge in [-0.3, -0.25) is 9.88 Å². The van der Waals surface area contributed by atoms with Gasteiger partial charge >= 0.3 is 0 Å². The molecule has 0 radical (unpaired) electrons. The van der Waals surface area contributed by atoms with Gasteiger partial charge in [0.2, 0.25) is 0 Å². The van der Waals surface area contributed by atoms with Gasteiger partial charge in [0, 0.05) is 43.8 Å². The number of pyridine rings is 1. The molecule has 3 aromatic rings. The lowest BCUT2D eigenvalue weighted by molar-refractivity contribution is 0.0254. The van der Waals surface area contributed by atoms with Crippen LogP contribution in [0.3, 0.4) is 0 Å². The SMILES string of the molecule is N#Cc1cc(-c2ccnc(Cc3ccc(CN4CCC4)nc3)n2)ccc1OC1CCOCC1. The van der Waals surface area contributed by atoms with Crippen molar-refractivity contribution in [1.29, 1.82) is 5.26 Å². The van der Waals surface area contributed by atoms with Gasteiger partial charge < -0.3 is 9.47 Å². The van der Waals surface area contributed by atoms with Gasteiger partial charge in [0.25, 0.3) is 0 Å². The van der Waals surface area contributed by atoms with Crippen molar-refractivity contribution in [1.82, 2.24) is 19.9 Å². The molecular weight excluding hydrogens is 414 g/mol. The normalized spacial score (nSPS) is 16.7. The molecule has 0 saturated carbocycles. The molecule has 2 aliphatic heterocycles. The lowest BCUT2D eigenvalue weighted by Gasteiger charge is -2.30. The van der Waals surface area contributed by atoms with Crippen LogP contribution in [0.1, 0.15) is 41.9 Å². The van der Waals surface area contributed by atoms with E-state index in [1.165, 1.54) is 19.5 Å². The maximum absolute atomic E-state index is 9.67. The molecule has 7 heteroatoms. The minimum Gasteiger partial charge on any atom is -0.489 e. The second-order valence-corrected chi connectivity index (χ2v) is 8.57. The topological polar surface area (TPSA) is 84.2 Å². The van der Waals surface area contributed by atoms with Crippen molar-refractivity contribution >= 4 is 0 Å². The van der Waals surface area contributed by atoms with E-state index in [0.717, 1.165) is 47.7 Å². The Kier molecular flexibility index (Phi) is 6.56. The third-order valence-electron chi connectivity index (χ3n) is 6.15. The number of hydrogen-bond donors (Lipinski definition) is 0. The maximum Gasteiger partial charge on any atom is 0.137 e. The first kappa shape index (κ1) is 21.5. The predicted octanol–water partition coefficient (Wildman–Crippen LogP) is 3.76. The monoisotopic (exact) mass is 441 g/mol. The fraction of sp³-hybridized carbons (Fsp3) is 0.385. The average molecular weight is 442 g/mol. The third kappa shape index (κ3) is 5.36. The first-order valence-corrected chi connectivity index (χ1v) is 11.5. The zero-order valence-corrected chi connectivity index (χ0v) is 18.6. The first-order chi connectivity index (χ1) is 16.3. The summed E-state index contributed by atoms with van der Waals surface area (Å²) in [7, 11) is 0. The van der Waals surface area contributed by atoms with Crippen LogP contribution in [0.4, 0.5) is 0 Å². The lowest BCUT2D eigenvalue weighted by Crippen LogP contribution is -2.36. The Morgan fingerprint density at radius 1 is 1.09 bits per heavy atom. The Labute approximate surface area is 194 Å². The summed E-state index contributed by atoms with van der Waals surface area (Å²) in [5, 5.41) is 9.67. The summed E-state index contributed by atoms with van der Waals surface area (Å²) in [6, 6.07) is 14.0.